The number of likely N-dealkylation sites (N-methyl/N-ethyl adjacent to an activating group) is 1. The van der Waals surface area contributed by atoms with Crippen LogP contribution in [0, 0.1) is 6.92 Å². The van der Waals surface area contributed by atoms with E-state index in [1.165, 1.54) is 0 Å². The fourth-order valence-electron chi connectivity index (χ4n) is 2.96. The number of benzene rings is 2. The molecule has 0 spiro atoms. The minimum absolute atomic E-state index is 0.109. The largest absolute Gasteiger partial charge is 0.340 e. The van der Waals surface area contributed by atoms with Gasteiger partial charge in [0.15, 0.2) is 0 Å². The summed E-state index contributed by atoms with van der Waals surface area (Å²) in [7, 11) is 1.80. The molecule has 2 heterocycles. The number of amides is 1. The zero-order valence-electron chi connectivity index (χ0n) is 14.7. The van der Waals surface area contributed by atoms with E-state index >= 15 is 0 Å². The van der Waals surface area contributed by atoms with E-state index in [4.69, 9.17) is 0 Å². The quantitative estimate of drug-likeness (QED) is 0.753. The van der Waals surface area contributed by atoms with Crippen molar-refractivity contribution in [1.82, 2.24) is 9.97 Å². The molecule has 6 nitrogen and oxygen atoms in total. The number of rotatable bonds is 4. The first-order valence-corrected chi connectivity index (χ1v) is 8.42. The number of para-hydroxylation sites is 1. The van der Waals surface area contributed by atoms with Crippen LogP contribution in [-0.4, -0.2) is 22.9 Å². The molecular formula is C20H19N5O. The summed E-state index contributed by atoms with van der Waals surface area (Å²) in [6.45, 7) is 1.96. The number of anilines is 5. The molecule has 3 aromatic rings. The zero-order valence-corrected chi connectivity index (χ0v) is 14.7. The van der Waals surface area contributed by atoms with Gasteiger partial charge >= 0.3 is 0 Å². The van der Waals surface area contributed by atoms with Crippen LogP contribution in [-0.2, 0) is 11.2 Å². The van der Waals surface area contributed by atoms with E-state index in [0.717, 1.165) is 34.0 Å². The molecule has 0 unspecified atom stereocenters. The summed E-state index contributed by atoms with van der Waals surface area (Å²) in [5.74, 6) is 1.37. The number of aromatic nitrogens is 2. The number of carbonyl (C=O) groups is 1. The average molecular weight is 345 g/mol. The summed E-state index contributed by atoms with van der Waals surface area (Å²) in [6.07, 6.45) is 2.21. The van der Waals surface area contributed by atoms with E-state index < -0.39 is 0 Å². The van der Waals surface area contributed by atoms with Crippen LogP contribution in [0.1, 0.15) is 11.1 Å². The number of nitrogens with one attached hydrogen (secondary N) is 2. The van der Waals surface area contributed by atoms with Crippen molar-refractivity contribution in [1.29, 1.82) is 0 Å². The number of nitrogens with zero attached hydrogens (tertiary/aromatic N) is 3. The molecule has 2 N–H and O–H groups in total. The highest BCUT2D eigenvalue weighted by atomic mass is 16.2. The Kier molecular flexibility index (Phi) is 4.01. The van der Waals surface area contributed by atoms with E-state index in [1.807, 2.05) is 55.5 Å². The lowest BCUT2D eigenvalue weighted by atomic mass is 10.1. The van der Waals surface area contributed by atoms with E-state index in [0.29, 0.717) is 12.4 Å². The Labute approximate surface area is 151 Å². The lowest BCUT2D eigenvalue weighted by molar-refractivity contribution is -0.117. The average Bonchev–Trinajstić information content (AvgIpc) is 2.92. The first-order chi connectivity index (χ1) is 12.6. The normalized spacial score (nSPS) is 12.8. The van der Waals surface area contributed by atoms with Crippen LogP contribution in [0.5, 0.6) is 0 Å². The third-order valence-electron chi connectivity index (χ3n) is 4.42. The van der Waals surface area contributed by atoms with E-state index in [9.17, 15) is 4.79 Å². The highest BCUT2D eigenvalue weighted by Gasteiger charge is 2.23. The first kappa shape index (κ1) is 16.1. The monoisotopic (exact) mass is 345 g/mol. The molecule has 26 heavy (non-hydrogen) atoms. The molecule has 1 aliphatic rings. The Morgan fingerprint density at radius 3 is 2.65 bits per heavy atom. The number of hydrogen-bond acceptors (Lipinski definition) is 5. The van der Waals surface area contributed by atoms with Crippen molar-refractivity contribution in [2.45, 2.75) is 13.3 Å². The van der Waals surface area contributed by atoms with Crippen LogP contribution in [0.4, 0.5) is 28.8 Å². The molecule has 0 saturated carbocycles. The van der Waals surface area contributed by atoms with Gasteiger partial charge in [0.05, 0.1) is 6.42 Å². The second kappa shape index (κ2) is 6.48. The van der Waals surface area contributed by atoms with Gasteiger partial charge in [-0.25, -0.2) is 4.98 Å². The highest BCUT2D eigenvalue weighted by molar-refractivity contribution is 6.01. The summed E-state index contributed by atoms with van der Waals surface area (Å²) in [5.41, 5.74) is 4.76. The van der Waals surface area contributed by atoms with Crippen molar-refractivity contribution >= 4 is 34.7 Å². The maximum atomic E-state index is 11.8. The lowest BCUT2D eigenvalue weighted by Gasteiger charge is -2.12. The third-order valence-corrected chi connectivity index (χ3v) is 4.42. The molecule has 0 aliphatic carbocycles. The van der Waals surface area contributed by atoms with Crippen molar-refractivity contribution in [2.24, 2.45) is 0 Å². The Bertz CT molecular complexity index is 971. The molecule has 0 saturated heterocycles. The van der Waals surface area contributed by atoms with Gasteiger partial charge in [-0.15, -0.1) is 0 Å². The number of hydrogen-bond donors (Lipinski definition) is 2. The van der Waals surface area contributed by atoms with Gasteiger partial charge in [-0.05, 0) is 42.8 Å². The second-order valence-electron chi connectivity index (χ2n) is 6.31. The predicted octanol–water partition coefficient (Wildman–Crippen LogP) is 3.79. The van der Waals surface area contributed by atoms with Crippen LogP contribution in [0.2, 0.25) is 0 Å². The van der Waals surface area contributed by atoms with E-state index in [1.54, 1.807) is 18.1 Å². The van der Waals surface area contributed by atoms with Crippen molar-refractivity contribution in [3.63, 3.8) is 0 Å². The number of aryl methyl sites for hydroxylation is 1. The van der Waals surface area contributed by atoms with Gasteiger partial charge in [0, 0.05) is 35.9 Å². The molecule has 0 radical (unpaired) electrons. The van der Waals surface area contributed by atoms with Crippen molar-refractivity contribution in [3.05, 3.63) is 65.9 Å². The van der Waals surface area contributed by atoms with Gasteiger partial charge in [-0.3, -0.25) is 4.79 Å². The smallest absolute Gasteiger partial charge is 0.231 e. The van der Waals surface area contributed by atoms with Crippen LogP contribution in [0.25, 0.3) is 0 Å². The molecule has 1 aliphatic heterocycles. The van der Waals surface area contributed by atoms with Crippen LogP contribution in [0.15, 0.2) is 54.7 Å². The SMILES string of the molecule is Cc1cnc(Nc2ccc3c(c2)CC(=O)N3C)nc1Nc1ccccc1. The van der Waals surface area contributed by atoms with Crippen molar-refractivity contribution in [2.75, 3.05) is 22.6 Å². The summed E-state index contributed by atoms with van der Waals surface area (Å²) in [5, 5.41) is 6.53. The molecule has 6 heteroatoms. The number of carbonyl (C=O) groups excluding carboxylic acids is 1. The van der Waals surface area contributed by atoms with Crippen LogP contribution >= 0.6 is 0 Å². The van der Waals surface area contributed by atoms with Gasteiger partial charge in [0.2, 0.25) is 11.9 Å². The standard InChI is InChI=1S/C20H19N5O/c1-13-12-21-20(24-19(13)22-15-6-4-3-5-7-15)23-16-8-9-17-14(10-16)11-18(26)25(17)2/h3-10,12H,11H2,1-2H3,(H2,21,22,23,24). The third kappa shape index (κ3) is 3.09. The first-order valence-electron chi connectivity index (χ1n) is 8.42. The molecule has 0 atom stereocenters. The molecule has 0 bridgehead atoms. The minimum Gasteiger partial charge on any atom is -0.340 e. The predicted molar refractivity (Wildman–Crippen MR) is 103 cm³/mol. The molecule has 0 fully saturated rings. The maximum absolute atomic E-state index is 11.8. The van der Waals surface area contributed by atoms with Gasteiger partial charge < -0.3 is 15.5 Å². The van der Waals surface area contributed by atoms with Gasteiger partial charge in [-0.1, -0.05) is 18.2 Å². The topological polar surface area (TPSA) is 70.2 Å². The summed E-state index contributed by atoms with van der Waals surface area (Å²) in [6, 6.07) is 15.7. The Morgan fingerprint density at radius 2 is 1.85 bits per heavy atom. The highest BCUT2D eigenvalue weighted by Crippen LogP contribution is 2.31. The Hall–Kier alpha value is -3.41. The molecule has 2 aromatic carbocycles. The second-order valence-corrected chi connectivity index (χ2v) is 6.31. The summed E-state index contributed by atoms with van der Waals surface area (Å²) in [4.78, 5) is 22.4. The molecule has 1 aromatic heterocycles. The number of fused-ring (bicyclic) bond motifs is 1. The molecule has 4 rings (SSSR count). The fraction of sp³-hybridized carbons (Fsp3) is 0.150. The van der Waals surface area contributed by atoms with Crippen LogP contribution in [0.3, 0.4) is 0 Å². The van der Waals surface area contributed by atoms with Crippen molar-refractivity contribution in [3.8, 4) is 0 Å². The lowest BCUT2D eigenvalue weighted by Crippen LogP contribution is -2.20. The van der Waals surface area contributed by atoms with E-state index in [2.05, 4.69) is 20.6 Å². The minimum atomic E-state index is 0.109. The zero-order chi connectivity index (χ0) is 18.1. The van der Waals surface area contributed by atoms with Gasteiger partial charge in [0.1, 0.15) is 5.82 Å². The summed E-state index contributed by atoms with van der Waals surface area (Å²) < 4.78 is 0. The van der Waals surface area contributed by atoms with Crippen molar-refractivity contribution < 1.29 is 4.79 Å². The summed E-state index contributed by atoms with van der Waals surface area (Å²) >= 11 is 0. The Balaban J connectivity index is 1.57. The Morgan fingerprint density at radius 1 is 1.04 bits per heavy atom. The molecular weight excluding hydrogens is 326 g/mol. The van der Waals surface area contributed by atoms with Gasteiger partial charge in [0.25, 0.3) is 0 Å². The molecule has 130 valence electrons. The molecule has 1 amide bonds. The fourth-order valence-corrected chi connectivity index (χ4v) is 2.96. The van der Waals surface area contributed by atoms with E-state index in [-0.39, 0.29) is 5.91 Å². The van der Waals surface area contributed by atoms with Gasteiger partial charge in [-0.2, -0.15) is 4.98 Å². The maximum Gasteiger partial charge on any atom is 0.231 e. The van der Waals surface area contributed by atoms with Crippen LogP contribution < -0.4 is 15.5 Å².